The minimum atomic E-state index is -4.51. The first kappa shape index (κ1) is 110. The molecule has 704 valence electrons. The molecular formula is C67H117N4O44P7. The van der Waals surface area contributed by atoms with E-state index in [1.54, 1.807) is 76.2 Å². The Morgan fingerprint density at radius 1 is 0.352 bits per heavy atom. The Morgan fingerprint density at radius 2 is 0.631 bits per heavy atom. The number of nitrogens with one attached hydrogen (secondary N) is 4. The standard InChI is InChI=1S/C18H33NO11P2.C18H30NO11P.C17H31NO11P2.C13H23NO10P2.CO/c1-6-26-32(5,23)27-9-19-17(20)15-13-7-8-14(29-13)16(15)18(21)24-11-31(4,22)28-10-25-30-12(2)3;1-5-26-31(23,27-6-2)28-9-19-16(20)14-12-7-8-13(30-12)15(14)17(21)24-10-25-18(22)29-11(3)4;1-5-24-30(4,21)28-11-23-17(20)15-13-9-8-12(29-13)14(15)16(19)18-10-27-31(22,25-6-2)26-7-3;1-3-22-25(2,17)23-6-14-12(15)10-8-4-5-9(24-8)11(10)13(16)21-7-26(18,19)20;1-2/h12-16H,6-11H2,1-5H3,(H,19,20);11-15H,5-10H2,1-4H3,(H,19,20);12-15H,5-11H2,1-4H3,(H,18,19);8-11H,3-7H2,1-2H3,(H,14,15)(H2,18,19,20);. The number of carbonyl (C=O) groups excluding carboxylic acids is 9. The molecule has 8 aliphatic heterocycles. The molecule has 20 atom stereocenters. The zero-order valence-corrected chi connectivity index (χ0v) is 76.8. The summed E-state index contributed by atoms with van der Waals surface area (Å²) in [5, 5.41) is 9.90. The van der Waals surface area contributed by atoms with Gasteiger partial charge >= 0.3 is 87.4 Å². The molecule has 0 aromatic carbocycles. The summed E-state index contributed by atoms with van der Waals surface area (Å²) < 4.78 is 208. The maximum absolute atomic E-state index is 12.7. The fraction of sp³-hybridized carbons (Fsp3) is 0.851. The van der Waals surface area contributed by atoms with Crippen LogP contribution in [0.1, 0.15) is 128 Å². The molecule has 8 heterocycles. The van der Waals surface area contributed by atoms with Crippen molar-refractivity contribution in [3.8, 4) is 0 Å². The molecule has 48 nitrogen and oxygen atoms in total. The molecule has 0 spiro atoms. The number of hydrogen-bond donors (Lipinski definition) is 6. The number of carbonyl (C=O) groups is 9. The van der Waals surface area contributed by atoms with Gasteiger partial charge in [0.2, 0.25) is 44.6 Å². The molecule has 8 aliphatic rings. The molecule has 122 heavy (non-hydrogen) atoms. The summed E-state index contributed by atoms with van der Waals surface area (Å²) in [5.74, 6) is -11.9. The van der Waals surface area contributed by atoms with Gasteiger partial charge in [-0.1, -0.05) is 0 Å². The fourth-order valence-corrected chi connectivity index (χ4v) is 19.4. The summed E-state index contributed by atoms with van der Waals surface area (Å²) in [4.78, 5) is 139. The monoisotopic (exact) mass is 1900 g/mol. The van der Waals surface area contributed by atoms with Gasteiger partial charge in [0.1, 0.15) is 26.9 Å². The molecule has 0 radical (unpaired) electrons. The van der Waals surface area contributed by atoms with E-state index in [1.165, 1.54) is 26.7 Å². The van der Waals surface area contributed by atoms with Gasteiger partial charge in [0.15, 0.2) is 19.5 Å². The van der Waals surface area contributed by atoms with Crippen LogP contribution < -0.4 is 21.3 Å². The summed E-state index contributed by atoms with van der Waals surface area (Å²) in [6.45, 7) is 25.8. The van der Waals surface area contributed by atoms with Crippen LogP contribution in [0.15, 0.2) is 0 Å². The number of amides is 4. The average Bonchev–Trinajstić information content (AvgIpc) is 1.63. The van der Waals surface area contributed by atoms with Crippen molar-refractivity contribution in [3.05, 3.63) is 6.65 Å². The zero-order chi connectivity index (χ0) is 91.6. The van der Waals surface area contributed by atoms with Crippen molar-refractivity contribution in [2.45, 2.75) is 189 Å². The second kappa shape index (κ2) is 52.9. The SMILES string of the molecule is CCOP(=O)(OCC)OCNC(=O)C1C2CCC(O2)C1C(=O)OCOC(=O)OC(C)C.CCOP(C)(=O)OCNC(=O)C1C2CCC(O2)C1C(=O)OCP(=O)(O)O.CCOP(C)(=O)OCNC(=O)C1C2CCC(O2)C1C(=O)OCP(C)(=O)OCOOC(C)C.CCOP(C)(=O)OCOC(=O)C1C2CCC(O2)C1C(=O)NCOP(=O)(OCC)OCC.[C-]#[O+]. The molecule has 20 unspecified atom stereocenters. The molecule has 8 rings (SSSR count). The zero-order valence-electron chi connectivity index (χ0n) is 70.5. The molecule has 6 N–H and O–H groups in total. The normalized spacial score (nSPS) is 27.0. The van der Waals surface area contributed by atoms with Gasteiger partial charge in [-0.2, -0.15) is 0 Å². The third kappa shape index (κ3) is 36.2. The van der Waals surface area contributed by atoms with Crippen molar-refractivity contribution >= 4 is 107 Å². The molecular weight excluding hydrogens is 1780 g/mol. The summed E-state index contributed by atoms with van der Waals surface area (Å²) >= 11 is 0. The third-order valence-electron chi connectivity index (χ3n) is 18.3. The summed E-state index contributed by atoms with van der Waals surface area (Å²) in [5.41, 5.74) is 0. The number of ether oxygens (including phenoxy) is 10. The van der Waals surface area contributed by atoms with Crippen molar-refractivity contribution in [2.24, 2.45) is 47.3 Å². The van der Waals surface area contributed by atoms with Crippen LogP contribution in [0.2, 0.25) is 0 Å². The van der Waals surface area contributed by atoms with Crippen LogP contribution in [-0.4, -0.2) is 257 Å². The Kier molecular flexibility index (Phi) is 47.6. The number of esters is 4. The van der Waals surface area contributed by atoms with Gasteiger partial charge in [-0.25, -0.2) is 23.7 Å². The molecule has 8 saturated heterocycles. The van der Waals surface area contributed by atoms with Gasteiger partial charge in [-0.3, -0.25) is 106 Å². The van der Waals surface area contributed by atoms with E-state index in [-0.39, 0.29) is 78.7 Å². The summed E-state index contributed by atoms with van der Waals surface area (Å²) in [7, 11) is -25.3. The average molecular weight is 1900 g/mol. The predicted octanol–water partition coefficient (Wildman–Crippen LogP) is 7.38. The van der Waals surface area contributed by atoms with Crippen LogP contribution in [0.25, 0.3) is 0 Å². The second-order valence-electron chi connectivity index (χ2n) is 28.0. The first-order chi connectivity index (χ1) is 57.4. The second-order valence-corrected chi connectivity index (χ2v) is 41.6. The van der Waals surface area contributed by atoms with Crippen LogP contribution in [-0.2, 0) is 191 Å². The molecule has 0 saturated carbocycles. The van der Waals surface area contributed by atoms with E-state index in [0.717, 1.165) is 0 Å². The van der Waals surface area contributed by atoms with E-state index in [9.17, 15) is 75.1 Å². The first-order valence-electron chi connectivity index (χ1n) is 39.0. The van der Waals surface area contributed by atoms with Gasteiger partial charge < -0.3 is 92.0 Å². The van der Waals surface area contributed by atoms with Crippen molar-refractivity contribution < 1.29 is 205 Å². The van der Waals surface area contributed by atoms with Crippen molar-refractivity contribution in [1.82, 2.24) is 21.3 Å². The Labute approximate surface area is 706 Å². The van der Waals surface area contributed by atoms with E-state index < -0.39 is 243 Å². The first-order valence-corrected chi connectivity index (χ1v) is 51.9. The van der Waals surface area contributed by atoms with Gasteiger partial charge in [-0.15, -0.1) is 0 Å². The van der Waals surface area contributed by atoms with Crippen LogP contribution in [0.5, 0.6) is 0 Å². The third-order valence-corrected chi connectivity index (χ3v) is 27.2. The number of fused-ring (bicyclic) bond motifs is 8. The van der Waals surface area contributed by atoms with E-state index in [4.69, 9.17) is 121 Å². The molecule has 55 heteroatoms. The van der Waals surface area contributed by atoms with Gasteiger partial charge in [0.25, 0.3) is 0 Å². The maximum atomic E-state index is 12.7. The number of hydrogen-bond acceptors (Lipinski definition) is 41. The van der Waals surface area contributed by atoms with E-state index in [0.29, 0.717) is 51.4 Å². The summed E-state index contributed by atoms with van der Waals surface area (Å²) in [6, 6.07) is 0. The van der Waals surface area contributed by atoms with Crippen molar-refractivity contribution in [2.75, 3.05) is 133 Å². The van der Waals surface area contributed by atoms with Crippen molar-refractivity contribution in [1.29, 1.82) is 0 Å². The van der Waals surface area contributed by atoms with Gasteiger partial charge in [-0.05, 0) is 128 Å². The molecule has 4 amide bonds. The quantitative estimate of drug-likeness (QED) is 0.00398. The predicted molar refractivity (Wildman–Crippen MR) is 413 cm³/mol. The van der Waals surface area contributed by atoms with E-state index in [2.05, 4.69) is 37.4 Å². The Bertz CT molecular complexity index is 3740. The van der Waals surface area contributed by atoms with Crippen LogP contribution in [0.3, 0.4) is 0 Å². The molecule has 0 aromatic rings. The van der Waals surface area contributed by atoms with Crippen LogP contribution in [0.4, 0.5) is 4.79 Å². The van der Waals surface area contributed by atoms with Gasteiger partial charge in [0.05, 0.1) is 155 Å². The Hall–Kier alpha value is -4.46. The van der Waals surface area contributed by atoms with E-state index in [1.807, 2.05) is 0 Å². The van der Waals surface area contributed by atoms with Crippen LogP contribution >= 0.6 is 53.4 Å². The molecule has 0 aliphatic carbocycles. The molecule has 0 aromatic heterocycles. The Balaban J connectivity index is 0.000000340. The topological polar surface area (TPSA) is 612 Å². The minimum absolute atomic E-state index is 0.103. The molecule has 8 fully saturated rings. The number of rotatable bonds is 49. The fourth-order valence-electron chi connectivity index (χ4n) is 13.8. The van der Waals surface area contributed by atoms with Crippen LogP contribution in [0, 0.1) is 54.0 Å². The number of phosphoric acid groups is 2. The molecule has 8 bridgehead atoms. The Morgan fingerprint density at radius 3 is 0.926 bits per heavy atom. The van der Waals surface area contributed by atoms with Crippen molar-refractivity contribution in [3.63, 3.8) is 0 Å². The van der Waals surface area contributed by atoms with Gasteiger partial charge in [0, 0.05) is 26.7 Å². The van der Waals surface area contributed by atoms with E-state index >= 15 is 0 Å². The summed E-state index contributed by atoms with van der Waals surface area (Å²) in [6.07, 6.45) is -2.04. The number of phosphoric ester groups is 2.